The summed E-state index contributed by atoms with van der Waals surface area (Å²) in [5, 5.41) is 23.0. The van der Waals surface area contributed by atoms with Gasteiger partial charge in [-0.05, 0) is 58.4 Å². The van der Waals surface area contributed by atoms with Gasteiger partial charge in [0.05, 0.1) is 35.9 Å². The van der Waals surface area contributed by atoms with Crippen molar-refractivity contribution in [2.75, 3.05) is 6.61 Å². The van der Waals surface area contributed by atoms with Crippen LogP contribution in [-0.2, 0) is 23.1 Å². The number of fused-ring (bicyclic) bond motifs is 1. The number of pyridine rings is 1. The fraction of sp³-hybridized carbons (Fsp3) is 0.480. The van der Waals surface area contributed by atoms with Crippen molar-refractivity contribution in [3.63, 3.8) is 0 Å². The first kappa shape index (κ1) is 25.6. The highest BCUT2D eigenvalue weighted by Gasteiger charge is 2.26. The molecule has 0 saturated carbocycles. The zero-order valence-electron chi connectivity index (χ0n) is 20.6. The second-order valence-corrected chi connectivity index (χ2v) is 9.07. The molecule has 1 aromatic carbocycles. The van der Waals surface area contributed by atoms with E-state index in [9.17, 15) is 19.8 Å². The summed E-state index contributed by atoms with van der Waals surface area (Å²) in [5.74, 6) is 0.155. The van der Waals surface area contributed by atoms with Crippen LogP contribution < -0.4 is 10.9 Å². The largest absolute Gasteiger partial charge is 0.462 e. The first-order chi connectivity index (χ1) is 16.0. The zero-order valence-corrected chi connectivity index (χ0v) is 20.6. The van der Waals surface area contributed by atoms with E-state index in [2.05, 4.69) is 5.32 Å². The van der Waals surface area contributed by atoms with Gasteiger partial charge in [-0.15, -0.1) is 0 Å². The number of carbonyl (C=O) groups excluding carboxylic acids is 1. The number of hydrogen-bond donors (Lipinski definition) is 3. The fourth-order valence-corrected chi connectivity index (χ4v) is 3.97. The van der Waals surface area contributed by atoms with Gasteiger partial charge in [0.15, 0.2) is 0 Å². The summed E-state index contributed by atoms with van der Waals surface area (Å²) in [7, 11) is 1.70. The van der Waals surface area contributed by atoms with E-state index in [1.54, 1.807) is 47.0 Å². The summed E-state index contributed by atoms with van der Waals surface area (Å²) in [5.41, 5.74) is 3.76. The SMILES string of the molecule is Cc1cc(-c2nc3cc(CN[C@H](C(=O)OC(C)C)[C@H](C)O)ccc3n2[C@@H](C)CO)cn(C)c1=O. The first-order valence-electron chi connectivity index (χ1n) is 11.4. The summed E-state index contributed by atoms with van der Waals surface area (Å²) in [6.07, 6.45) is 0.552. The molecule has 0 fully saturated rings. The molecule has 0 saturated heterocycles. The summed E-state index contributed by atoms with van der Waals surface area (Å²) in [4.78, 5) is 29.3. The van der Waals surface area contributed by atoms with Crippen LogP contribution in [0.4, 0.5) is 0 Å². The number of ether oxygens (including phenoxy) is 1. The van der Waals surface area contributed by atoms with Crippen LogP contribution in [0.5, 0.6) is 0 Å². The molecule has 3 N–H and O–H groups in total. The summed E-state index contributed by atoms with van der Waals surface area (Å²) in [6, 6.07) is 6.48. The molecule has 0 aliphatic rings. The molecule has 2 heterocycles. The van der Waals surface area contributed by atoms with Crippen LogP contribution in [0.3, 0.4) is 0 Å². The minimum absolute atomic E-state index is 0.0689. The molecule has 3 rings (SSSR count). The number of hydrogen-bond acceptors (Lipinski definition) is 7. The number of nitrogens with one attached hydrogen (secondary N) is 1. The Balaban J connectivity index is 1.98. The number of esters is 1. The number of benzene rings is 1. The van der Waals surface area contributed by atoms with Gasteiger partial charge in [0, 0.05) is 30.9 Å². The molecular weight excluding hydrogens is 436 g/mol. The Morgan fingerprint density at radius 1 is 1.21 bits per heavy atom. The number of aliphatic hydroxyl groups is 2. The Morgan fingerprint density at radius 3 is 2.50 bits per heavy atom. The maximum atomic E-state index is 12.3. The molecule has 34 heavy (non-hydrogen) atoms. The molecule has 0 amide bonds. The number of nitrogens with zero attached hydrogens (tertiary/aromatic N) is 3. The third-order valence-electron chi connectivity index (χ3n) is 5.69. The Bertz CT molecular complexity index is 1200. The van der Waals surface area contributed by atoms with Gasteiger partial charge in [-0.2, -0.15) is 0 Å². The van der Waals surface area contributed by atoms with E-state index in [1.807, 2.05) is 29.7 Å². The van der Waals surface area contributed by atoms with E-state index >= 15 is 0 Å². The van der Waals surface area contributed by atoms with Crippen molar-refractivity contribution in [2.24, 2.45) is 7.05 Å². The molecule has 0 aliphatic heterocycles. The Hall–Kier alpha value is -3.01. The van der Waals surface area contributed by atoms with Crippen LogP contribution in [0.2, 0.25) is 0 Å². The molecule has 2 aromatic heterocycles. The average Bonchev–Trinajstić information content (AvgIpc) is 3.14. The highest BCUT2D eigenvalue weighted by atomic mass is 16.5. The number of aromatic nitrogens is 3. The summed E-state index contributed by atoms with van der Waals surface area (Å²) >= 11 is 0. The molecule has 0 radical (unpaired) electrons. The van der Waals surface area contributed by atoms with Crippen molar-refractivity contribution in [2.45, 2.75) is 65.5 Å². The number of carbonyl (C=O) groups is 1. The maximum Gasteiger partial charge on any atom is 0.326 e. The number of rotatable bonds is 9. The smallest absolute Gasteiger partial charge is 0.326 e. The normalized spacial score (nSPS) is 14.4. The van der Waals surface area contributed by atoms with Crippen molar-refractivity contribution in [1.82, 2.24) is 19.4 Å². The van der Waals surface area contributed by atoms with Crippen molar-refractivity contribution >= 4 is 17.0 Å². The lowest BCUT2D eigenvalue weighted by molar-refractivity contribution is -0.152. The average molecular weight is 471 g/mol. The van der Waals surface area contributed by atoms with Crippen molar-refractivity contribution in [3.05, 3.63) is 51.9 Å². The van der Waals surface area contributed by atoms with E-state index in [-0.39, 0.29) is 24.3 Å². The van der Waals surface area contributed by atoms with E-state index in [0.717, 1.165) is 22.2 Å². The van der Waals surface area contributed by atoms with Crippen LogP contribution >= 0.6 is 0 Å². The van der Waals surface area contributed by atoms with Crippen molar-refractivity contribution in [1.29, 1.82) is 0 Å². The lowest BCUT2D eigenvalue weighted by Crippen LogP contribution is -2.46. The van der Waals surface area contributed by atoms with E-state index in [0.29, 0.717) is 17.9 Å². The van der Waals surface area contributed by atoms with Gasteiger partial charge in [-0.1, -0.05) is 6.07 Å². The van der Waals surface area contributed by atoms with Crippen LogP contribution in [0.25, 0.3) is 22.4 Å². The maximum absolute atomic E-state index is 12.3. The molecule has 0 aliphatic carbocycles. The summed E-state index contributed by atoms with van der Waals surface area (Å²) in [6.45, 7) is 9.00. The third-order valence-corrected chi connectivity index (χ3v) is 5.69. The van der Waals surface area contributed by atoms with Crippen molar-refractivity contribution < 1.29 is 19.7 Å². The number of aliphatic hydroxyl groups excluding tert-OH is 2. The molecule has 0 unspecified atom stereocenters. The molecule has 3 atom stereocenters. The van der Waals surface area contributed by atoms with E-state index in [4.69, 9.17) is 9.72 Å². The monoisotopic (exact) mass is 470 g/mol. The molecular formula is C25H34N4O5. The third kappa shape index (κ3) is 5.38. The Labute approximate surface area is 199 Å². The fourth-order valence-electron chi connectivity index (χ4n) is 3.97. The predicted molar refractivity (Wildman–Crippen MR) is 130 cm³/mol. The lowest BCUT2D eigenvalue weighted by atomic mass is 10.1. The quantitative estimate of drug-likeness (QED) is 0.410. The van der Waals surface area contributed by atoms with Gasteiger partial charge >= 0.3 is 5.97 Å². The van der Waals surface area contributed by atoms with Crippen LogP contribution in [0, 0.1) is 6.92 Å². The van der Waals surface area contributed by atoms with Crippen LogP contribution in [-0.4, -0.2) is 55.2 Å². The topological polar surface area (TPSA) is 119 Å². The number of aryl methyl sites for hydroxylation is 2. The first-order valence-corrected chi connectivity index (χ1v) is 11.4. The molecule has 0 bridgehead atoms. The highest BCUT2D eigenvalue weighted by molar-refractivity contribution is 5.81. The van der Waals surface area contributed by atoms with E-state index in [1.165, 1.54) is 4.57 Å². The zero-order chi connectivity index (χ0) is 25.2. The van der Waals surface area contributed by atoms with Gasteiger partial charge in [0.2, 0.25) is 0 Å². The second-order valence-electron chi connectivity index (χ2n) is 9.07. The Morgan fingerprint density at radius 2 is 1.91 bits per heavy atom. The highest BCUT2D eigenvalue weighted by Crippen LogP contribution is 2.29. The minimum atomic E-state index is -0.917. The van der Waals surface area contributed by atoms with Gasteiger partial charge in [-0.3, -0.25) is 14.9 Å². The number of imidazole rings is 1. The van der Waals surface area contributed by atoms with Crippen LogP contribution in [0.15, 0.2) is 35.3 Å². The molecule has 9 nitrogen and oxygen atoms in total. The molecule has 184 valence electrons. The van der Waals surface area contributed by atoms with Crippen LogP contribution in [0.1, 0.15) is 44.9 Å². The molecule has 9 heteroatoms. The van der Waals surface area contributed by atoms with E-state index < -0.39 is 18.1 Å². The molecule has 0 spiro atoms. The second kappa shape index (κ2) is 10.5. The van der Waals surface area contributed by atoms with Gasteiger partial charge in [-0.25, -0.2) is 4.98 Å². The van der Waals surface area contributed by atoms with Gasteiger partial charge in [0.1, 0.15) is 11.9 Å². The van der Waals surface area contributed by atoms with Gasteiger partial charge in [0.25, 0.3) is 5.56 Å². The standard InChI is InChI=1S/C25H34N4O5/c1-14(2)34-25(33)22(17(5)31)26-11-18-7-8-21-20(10-18)27-23(29(21)16(4)13-30)19-9-15(3)24(32)28(6)12-19/h7-10,12,14,16-17,22,26,30-31H,11,13H2,1-6H3/t16-,17-,22-/m0/s1. The summed E-state index contributed by atoms with van der Waals surface area (Å²) < 4.78 is 8.73. The minimum Gasteiger partial charge on any atom is -0.462 e. The van der Waals surface area contributed by atoms with Gasteiger partial charge < -0.3 is 24.1 Å². The Kier molecular flexibility index (Phi) is 7.91. The van der Waals surface area contributed by atoms with Crippen molar-refractivity contribution in [3.8, 4) is 11.4 Å². The molecule has 3 aromatic rings. The lowest BCUT2D eigenvalue weighted by Gasteiger charge is -2.21. The predicted octanol–water partition coefficient (Wildman–Crippen LogP) is 2.05.